The standard InChI is InChI=1S/C16H19F2NO2/c1-11(13-5-4-12(17)9-14(13)18)8-15(21)19-16(10-20)6-2-3-7-16/h4-5,8-9,20H,2-3,6-7,10H2,1H3,(H,19,21)/b11-8-. The molecule has 0 saturated heterocycles. The van der Waals surface area contributed by atoms with Crippen LogP contribution in [0.1, 0.15) is 38.2 Å². The van der Waals surface area contributed by atoms with Gasteiger partial charge in [-0.15, -0.1) is 0 Å². The molecule has 3 nitrogen and oxygen atoms in total. The van der Waals surface area contributed by atoms with E-state index in [1.165, 1.54) is 12.1 Å². The lowest BCUT2D eigenvalue weighted by Gasteiger charge is -2.27. The maximum atomic E-state index is 13.6. The third-order valence-corrected chi connectivity index (χ3v) is 3.96. The van der Waals surface area contributed by atoms with Gasteiger partial charge >= 0.3 is 0 Å². The van der Waals surface area contributed by atoms with Crippen molar-refractivity contribution in [1.82, 2.24) is 5.32 Å². The summed E-state index contributed by atoms with van der Waals surface area (Å²) in [5.41, 5.74) is 0.0435. The Morgan fingerprint density at radius 3 is 2.62 bits per heavy atom. The van der Waals surface area contributed by atoms with Crippen molar-refractivity contribution in [2.24, 2.45) is 0 Å². The van der Waals surface area contributed by atoms with E-state index in [-0.39, 0.29) is 18.1 Å². The summed E-state index contributed by atoms with van der Waals surface area (Å²) in [6, 6.07) is 3.25. The molecule has 0 radical (unpaired) electrons. The number of rotatable bonds is 4. The van der Waals surface area contributed by atoms with E-state index in [1.807, 2.05) is 0 Å². The van der Waals surface area contributed by atoms with E-state index in [0.29, 0.717) is 5.57 Å². The monoisotopic (exact) mass is 295 g/mol. The molecule has 1 fully saturated rings. The van der Waals surface area contributed by atoms with Crippen molar-refractivity contribution in [2.75, 3.05) is 6.61 Å². The summed E-state index contributed by atoms with van der Waals surface area (Å²) in [7, 11) is 0. The van der Waals surface area contributed by atoms with Crippen molar-refractivity contribution in [3.8, 4) is 0 Å². The predicted molar refractivity (Wildman–Crippen MR) is 76.4 cm³/mol. The van der Waals surface area contributed by atoms with Crippen LogP contribution in [0.4, 0.5) is 8.78 Å². The van der Waals surface area contributed by atoms with Crippen LogP contribution in [0, 0.1) is 11.6 Å². The number of amides is 1. The summed E-state index contributed by atoms with van der Waals surface area (Å²) < 4.78 is 26.5. The molecule has 114 valence electrons. The molecule has 1 saturated carbocycles. The Balaban J connectivity index is 2.12. The molecule has 2 rings (SSSR count). The quantitative estimate of drug-likeness (QED) is 0.839. The molecule has 1 aliphatic rings. The fourth-order valence-electron chi connectivity index (χ4n) is 2.76. The first-order valence-electron chi connectivity index (χ1n) is 7.02. The molecule has 1 aliphatic carbocycles. The Labute approximate surface area is 122 Å². The molecule has 21 heavy (non-hydrogen) atoms. The highest BCUT2D eigenvalue weighted by molar-refractivity contribution is 5.95. The van der Waals surface area contributed by atoms with Gasteiger partial charge in [0.2, 0.25) is 5.91 Å². The van der Waals surface area contributed by atoms with Gasteiger partial charge in [-0.3, -0.25) is 4.79 Å². The molecule has 0 unspecified atom stereocenters. The molecule has 1 aromatic carbocycles. The predicted octanol–water partition coefficient (Wildman–Crippen LogP) is 2.79. The van der Waals surface area contributed by atoms with E-state index < -0.39 is 17.2 Å². The number of allylic oxidation sites excluding steroid dienone is 1. The summed E-state index contributed by atoms with van der Waals surface area (Å²) in [6.45, 7) is 1.49. The summed E-state index contributed by atoms with van der Waals surface area (Å²) in [5, 5.41) is 12.3. The second-order valence-corrected chi connectivity index (χ2v) is 5.59. The largest absolute Gasteiger partial charge is 0.394 e. The zero-order chi connectivity index (χ0) is 15.5. The maximum Gasteiger partial charge on any atom is 0.244 e. The van der Waals surface area contributed by atoms with Crippen molar-refractivity contribution in [2.45, 2.75) is 38.1 Å². The number of nitrogens with one attached hydrogen (secondary N) is 1. The van der Waals surface area contributed by atoms with Crippen LogP contribution in [-0.4, -0.2) is 23.2 Å². The molecular weight excluding hydrogens is 276 g/mol. The van der Waals surface area contributed by atoms with Gasteiger partial charge in [-0.25, -0.2) is 8.78 Å². The molecule has 1 aromatic rings. The lowest BCUT2D eigenvalue weighted by atomic mass is 9.98. The molecular formula is C16H19F2NO2. The van der Waals surface area contributed by atoms with Gasteiger partial charge < -0.3 is 10.4 Å². The average molecular weight is 295 g/mol. The average Bonchev–Trinajstić information content (AvgIpc) is 2.87. The van der Waals surface area contributed by atoms with E-state index in [9.17, 15) is 18.7 Å². The number of carbonyl (C=O) groups is 1. The van der Waals surface area contributed by atoms with Gasteiger partial charge in [0.1, 0.15) is 11.6 Å². The minimum atomic E-state index is -0.700. The van der Waals surface area contributed by atoms with Crippen LogP contribution < -0.4 is 5.32 Å². The van der Waals surface area contributed by atoms with Gasteiger partial charge in [-0.1, -0.05) is 12.8 Å². The first kappa shape index (κ1) is 15.6. The van der Waals surface area contributed by atoms with Gasteiger partial charge in [-0.05, 0) is 37.5 Å². The Kier molecular flexibility index (Phi) is 4.73. The van der Waals surface area contributed by atoms with Gasteiger partial charge in [0, 0.05) is 17.7 Å². The Morgan fingerprint density at radius 2 is 2.05 bits per heavy atom. The molecule has 0 spiro atoms. The smallest absolute Gasteiger partial charge is 0.244 e. The van der Waals surface area contributed by atoms with E-state index in [0.717, 1.165) is 37.8 Å². The van der Waals surface area contributed by atoms with Crippen molar-refractivity contribution >= 4 is 11.5 Å². The molecule has 5 heteroatoms. The molecule has 2 N–H and O–H groups in total. The minimum absolute atomic E-state index is 0.101. The fourth-order valence-corrected chi connectivity index (χ4v) is 2.76. The van der Waals surface area contributed by atoms with Crippen LogP contribution >= 0.6 is 0 Å². The van der Waals surface area contributed by atoms with Gasteiger partial charge in [0.05, 0.1) is 12.1 Å². The highest BCUT2D eigenvalue weighted by atomic mass is 19.1. The second kappa shape index (κ2) is 6.35. The van der Waals surface area contributed by atoms with E-state index in [1.54, 1.807) is 6.92 Å². The summed E-state index contributed by atoms with van der Waals surface area (Å²) >= 11 is 0. The van der Waals surface area contributed by atoms with Crippen LogP contribution in [-0.2, 0) is 4.79 Å². The van der Waals surface area contributed by atoms with E-state index >= 15 is 0 Å². The van der Waals surface area contributed by atoms with Crippen molar-refractivity contribution in [3.05, 3.63) is 41.5 Å². The maximum absolute atomic E-state index is 13.6. The fraction of sp³-hybridized carbons (Fsp3) is 0.438. The number of carbonyl (C=O) groups excluding carboxylic acids is 1. The van der Waals surface area contributed by atoms with Crippen LogP contribution in [0.15, 0.2) is 24.3 Å². The molecule has 0 aliphatic heterocycles. The van der Waals surface area contributed by atoms with E-state index in [4.69, 9.17) is 0 Å². The zero-order valence-electron chi connectivity index (χ0n) is 12.0. The number of aliphatic hydroxyl groups is 1. The van der Waals surface area contributed by atoms with Crippen LogP contribution in [0.25, 0.3) is 5.57 Å². The number of halogens is 2. The molecule has 0 heterocycles. The topological polar surface area (TPSA) is 49.3 Å². The van der Waals surface area contributed by atoms with Gasteiger partial charge in [-0.2, -0.15) is 0 Å². The highest BCUT2D eigenvalue weighted by Crippen LogP contribution is 2.29. The molecule has 0 bridgehead atoms. The van der Waals surface area contributed by atoms with E-state index in [2.05, 4.69) is 5.32 Å². The third kappa shape index (κ3) is 3.67. The van der Waals surface area contributed by atoms with Crippen molar-refractivity contribution in [1.29, 1.82) is 0 Å². The number of hydrogen-bond acceptors (Lipinski definition) is 2. The minimum Gasteiger partial charge on any atom is -0.394 e. The van der Waals surface area contributed by atoms with Crippen molar-refractivity contribution in [3.63, 3.8) is 0 Å². The first-order chi connectivity index (χ1) is 9.96. The van der Waals surface area contributed by atoms with Gasteiger partial charge in [0.15, 0.2) is 0 Å². The van der Waals surface area contributed by atoms with Crippen molar-refractivity contribution < 1.29 is 18.7 Å². The molecule has 0 aromatic heterocycles. The lowest BCUT2D eigenvalue weighted by Crippen LogP contribution is -2.48. The Morgan fingerprint density at radius 1 is 1.38 bits per heavy atom. The molecule has 1 amide bonds. The number of aliphatic hydroxyl groups excluding tert-OH is 1. The molecule has 0 atom stereocenters. The lowest BCUT2D eigenvalue weighted by molar-refractivity contribution is -0.118. The SMILES string of the molecule is C/C(=C/C(=O)NC1(CO)CCCC1)c1ccc(F)cc1F. The second-order valence-electron chi connectivity index (χ2n) is 5.59. The Bertz CT molecular complexity index is 563. The van der Waals surface area contributed by atoms with Crippen LogP contribution in [0.5, 0.6) is 0 Å². The first-order valence-corrected chi connectivity index (χ1v) is 7.02. The third-order valence-electron chi connectivity index (χ3n) is 3.96. The highest BCUT2D eigenvalue weighted by Gasteiger charge is 2.34. The number of hydrogen-bond donors (Lipinski definition) is 2. The summed E-state index contributed by atoms with van der Waals surface area (Å²) in [4.78, 5) is 12.0. The van der Waals surface area contributed by atoms with Crippen LogP contribution in [0.2, 0.25) is 0 Å². The normalized spacial score (nSPS) is 17.8. The van der Waals surface area contributed by atoms with Crippen LogP contribution in [0.3, 0.4) is 0 Å². The Hall–Kier alpha value is -1.75. The van der Waals surface area contributed by atoms with Gasteiger partial charge in [0.25, 0.3) is 0 Å². The summed E-state index contributed by atoms with van der Waals surface area (Å²) in [6.07, 6.45) is 4.71. The number of benzene rings is 1. The zero-order valence-corrected chi connectivity index (χ0v) is 12.0. The summed E-state index contributed by atoms with van der Waals surface area (Å²) in [5.74, 6) is -1.72.